The van der Waals surface area contributed by atoms with Crippen LogP contribution in [0.4, 0.5) is 8.78 Å². The molecule has 0 spiro atoms. The van der Waals surface area contributed by atoms with Crippen molar-refractivity contribution in [1.82, 2.24) is 0 Å². The molecule has 3 heteroatoms. The second kappa shape index (κ2) is 5.23. The number of aryl methyl sites for hydroxylation is 1. The molecule has 2 aromatic carbocycles. The van der Waals surface area contributed by atoms with Gasteiger partial charge in [0, 0.05) is 5.41 Å². The van der Waals surface area contributed by atoms with Crippen LogP contribution in [0.3, 0.4) is 0 Å². The molecule has 1 saturated carbocycles. The van der Waals surface area contributed by atoms with Crippen molar-refractivity contribution in [3.63, 3.8) is 0 Å². The molecular weight excluding hydrogens is 270 g/mol. The van der Waals surface area contributed by atoms with Crippen molar-refractivity contribution in [3.05, 3.63) is 70.8 Å². The molecular formula is C18H18F2O. The second-order valence-electron chi connectivity index (χ2n) is 5.87. The van der Waals surface area contributed by atoms with Gasteiger partial charge in [0.25, 0.3) is 0 Å². The monoisotopic (exact) mass is 288 g/mol. The number of benzene rings is 2. The Balaban J connectivity index is 2.09. The Bertz CT molecular complexity index is 648. The fourth-order valence-corrected chi connectivity index (χ4v) is 3.25. The molecule has 110 valence electrons. The van der Waals surface area contributed by atoms with E-state index in [1.165, 1.54) is 12.1 Å². The Morgan fingerprint density at radius 1 is 1.05 bits per heavy atom. The molecule has 1 aliphatic carbocycles. The molecule has 1 atom stereocenters. The van der Waals surface area contributed by atoms with Crippen LogP contribution in [0.1, 0.15) is 42.1 Å². The van der Waals surface area contributed by atoms with Crippen molar-refractivity contribution in [1.29, 1.82) is 0 Å². The Kier molecular flexibility index (Phi) is 3.54. The molecule has 3 rings (SSSR count). The average Bonchev–Trinajstić information content (AvgIpc) is 2.43. The van der Waals surface area contributed by atoms with Crippen LogP contribution in [0, 0.1) is 18.6 Å². The molecule has 0 aromatic heterocycles. The van der Waals surface area contributed by atoms with Crippen LogP contribution in [0.25, 0.3) is 0 Å². The molecule has 21 heavy (non-hydrogen) atoms. The minimum absolute atomic E-state index is 0.196. The van der Waals surface area contributed by atoms with Gasteiger partial charge in [0.2, 0.25) is 0 Å². The first-order valence-electron chi connectivity index (χ1n) is 7.24. The topological polar surface area (TPSA) is 20.2 Å². The molecule has 0 saturated heterocycles. The number of aliphatic hydroxyl groups is 1. The quantitative estimate of drug-likeness (QED) is 0.886. The van der Waals surface area contributed by atoms with Gasteiger partial charge in [-0.2, -0.15) is 0 Å². The number of hydrogen-bond acceptors (Lipinski definition) is 1. The van der Waals surface area contributed by atoms with Crippen molar-refractivity contribution in [2.45, 2.75) is 37.7 Å². The normalized spacial score (nSPS) is 18.1. The minimum atomic E-state index is -1.16. The van der Waals surface area contributed by atoms with Crippen molar-refractivity contribution in [2.75, 3.05) is 0 Å². The first kappa shape index (κ1) is 14.2. The van der Waals surface area contributed by atoms with Gasteiger partial charge in [-0.05, 0) is 37.0 Å². The first-order valence-corrected chi connectivity index (χ1v) is 7.24. The highest BCUT2D eigenvalue weighted by Crippen LogP contribution is 2.52. The summed E-state index contributed by atoms with van der Waals surface area (Å²) in [7, 11) is 0. The van der Waals surface area contributed by atoms with E-state index in [0.29, 0.717) is 5.56 Å². The van der Waals surface area contributed by atoms with E-state index >= 15 is 0 Å². The van der Waals surface area contributed by atoms with Crippen LogP contribution >= 0.6 is 0 Å². The lowest BCUT2D eigenvalue weighted by molar-refractivity contribution is 0.0216. The molecule has 1 fully saturated rings. The largest absolute Gasteiger partial charge is 0.387 e. The Hall–Kier alpha value is -1.74. The van der Waals surface area contributed by atoms with E-state index in [9.17, 15) is 13.9 Å². The molecule has 0 radical (unpaired) electrons. The van der Waals surface area contributed by atoms with Gasteiger partial charge in [-0.15, -0.1) is 0 Å². The summed E-state index contributed by atoms with van der Waals surface area (Å²) in [6.07, 6.45) is 1.28. The summed E-state index contributed by atoms with van der Waals surface area (Å²) in [5.74, 6) is -1.31. The van der Waals surface area contributed by atoms with Gasteiger partial charge in [-0.1, -0.05) is 42.8 Å². The van der Waals surface area contributed by atoms with Crippen molar-refractivity contribution in [3.8, 4) is 0 Å². The summed E-state index contributed by atoms with van der Waals surface area (Å²) in [5, 5.41) is 10.8. The van der Waals surface area contributed by atoms with Crippen LogP contribution < -0.4 is 0 Å². The number of halogens is 2. The Labute approximate surface area is 123 Å². The van der Waals surface area contributed by atoms with Crippen LogP contribution in [0.5, 0.6) is 0 Å². The lowest BCUT2D eigenvalue weighted by Crippen LogP contribution is -2.41. The highest BCUT2D eigenvalue weighted by atomic mass is 19.1. The summed E-state index contributed by atoms with van der Waals surface area (Å²) >= 11 is 0. The lowest BCUT2D eigenvalue weighted by Gasteiger charge is -2.46. The van der Waals surface area contributed by atoms with Gasteiger partial charge >= 0.3 is 0 Å². The van der Waals surface area contributed by atoms with Crippen molar-refractivity contribution < 1.29 is 13.9 Å². The van der Waals surface area contributed by atoms with Crippen molar-refractivity contribution in [2.24, 2.45) is 0 Å². The van der Waals surface area contributed by atoms with Gasteiger partial charge in [-0.25, -0.2) is 8.78 Å². The van der Waals surface area contributed by atoms with Crippen LogP contribution in [0.15, 0.2) is 42.5 Å². The zero-order valence-corrected chi connectivity index (χ0v) is 11.9. The third kappa shape index (κ3) is 2.16. The number of hydrogen-bond donors (Lipinski definition) is 1. The average molecular weight is 288 g/mol. The summed E-state index contributed by atoms with van der Waals surface area (Å²) in [6, 6.07) is 12.2. The molecule has 0 bridgehead atoms. The van der Waals surface area contributed by atoms with Crippen molar-refractivity contribution >= 4 is 0 Å². The fraction of sp³-hybridized carbons (Fsp3) is 0.333. The summed E-state index contributed by atoms with van der Waals surface area (Å²) in [5.41, 5.74) is 0.534. The van der Waals surface area contributed by atoms with E-state index in [1.807, 2.05) is 30.3 Å². The first-order chi connectivity index (χ1) is 10.1. The van der Waals surface area contributed by atoms with Gasteiger partial charge in [-0.3, -0.25) is 0 Å². The van der Waals surface area contributed by atoms with E-state index < -0.39 is 23.2 Å². The van der Waals surface area contributed by atoms with E-state index in [0.717, 1.165) is 24.8 Å². The maximum atomic E-state index is 14.3. The SMILES string of the molecule is Cc1ccc(F)c(C(O)C2(c3ccccc3)CCC2)c1F. The van der Waals surface area contributed by atoms with E-state index in [-0.39, 0.29) is 5.56 Å². The zero-order valence-electron chi connectivity index (χ0n) is 11.9. The molecule has 2 aromatic rings. The maximum absolute atomic E-state index is 14.3. The van der Waals surface area contributed by atoms with E-state index in [1.54, 1.807) is 6.92 Å². The minimum Gasteiger partial charge on any atom is -0.387 e. The maximum Gasteiger partial charge on any atom is 0.134 e. The lowest BCUT2D eigenvalue weighted by atomic mass is 9.59. The fourth-order valence-electron chi connectivity index (χ4n) is 3.25. The van der Waals surface area contributed by atoms with Gasteiger partial charge < -0.3 is 5.11 Å². The van der Waals surface area contributed by atoms with E-state index in [4.69, 9.17) is 0 Å². The second-order valence-corrected chi connectivity index (χ2v) is 5.87. The zero-order chi connectivity index (χ0) is 15.0. The predicted molar refractivity (Wildman–Crippen MR) is 78.0 cm³/mol. The third-order valence-electron chi connectivity index (χ3n) is 4.71. The van der Waals surface area contributed by atoms with Gasteiger partial charge in [0.15, 0.2) is 0 Å². The predicted octanol–water partition coefficient (Wildman–Crippen LogP) is 4.43. The standard InChI is InChI=1S/C18H18F2O/c1-12-8-9-14(19)15(16(12)20)17(21)18(10-5-11-18)13-6-3-2-4-7-13/h2-4,6-9,17,21H,5,10-11H2,1H3. The molecule has 1 unspecified atom stereocenters. The summed E-state index contributed by atoms with van der Waals surface area (Å²) in [6.45, 7) is 1.58. The molecule has 1 N–H and O–H groups in total. The molecule has 0 aliphatic heterocycles. The molecule has 0 heterocycles. The summed E-state index contributed by atoms with van der Waals surface area (Å²) < 4.78 is 28.4. The Morgan fingerprint density at radius 2 is 1.71 bits per heavy atom. The van der Waals surface area contributed by atoms with Crippen LogP contribution in [-0.2, 0) is 5.41 Å². The smallest absolute Gasteiger partial charge is 0.134 e. The highest BCUT2D eigenvalue weighted by Gasteiger charge is 2.47. The highest BCUT2D eigenvalue weighted by molar-refractivity contribution is 5.37. The molecule has 1 aliphatic rings. The number of rotatable bonds is 3. The van der Waals surface area contributed by atoms with Crippen LogP contribution in [0.2, 0.25) is 0 Å². The van der Waals surface area contributed by atoms with Gasteiger partial charge in [0.1, 0.15) is 11.6 Å². The third-order valence-corrected chi connectivity index (χ3v) is 4.71. The summed E-state index contributed by atoms with van der Waals surface area (Å²) in [4.78, 5) is 0. The van der Waals surface area contributed by atoms with Crippen LogP contribution in [-0.4, -0.2) is 5.11 Å². The Morgan fingerprint density at radius 3 is 2.29 bits per heavy atom. The number of aliphatic hydroxyl groups excluding tert-OH is 1. The van der Waals surface area contributed by atoms with Gasteiger partial charge in [0.05, 0.1) is 11.7 Å². The van der Waals surface area contributed by atoms with E-state index in [2.05, 4.69) is 0 Å². The molecule has 0 amide bonds. The molecule has 1 nitrogen and oxygen atoms in total.